The number of piperidine rings is 1. The Morgan fingerprint density at radius 3 is 2.82 bits per heavy atom. The van der Waals surface area contributed by atoms with E-state index in [1.54, 1.807) is 17.0 Å². The molecule has 3 atom stereocenters. The van der Waals surface area contributed by atoms with Crippen molar-refractivity contribution in [1.82, 2.24) is 20.5 Å². The van der Waals surface area contributed by atoms with Gasteiger partial charge in [0.05, 0.1) is 6.07 Å². The summed E-state index contributed by atoms with van der Waals surface area (Å²) in [4.78, 5) is 43.8. The Hall–Kier alpha value is -3.05. The molecule has 9 heteroatoms. The summed E-state index contributed by atoms with van der Waals surface area (Å²) in [5.41, 5.74) is 1.13. The number of carbonyl (C=O) groups excluding carboxylic acids is 3. The molecule has 3 aliphatic rings. The molecule has 2 aromatic rings. The highest BCUT2D eigenvalue weighted by Gasteiger charge is 2.52. The first-order valence-corrected chi connectivity index (χ1v) is 12.3. The molecule has 0 bridgehead atoms. The molecule has 34 heavy (non-hydrogen) atoms. The Morgan fingerprint density at radius 1 is 1.32 bits per heavy atom. The number of aromatic amines is 1. The highest BCUT2D eigenvalue weighted by atomic mass is 35.5. The van der Waals surface area contributed by atoms with Crippen LogP contribution in [0, 0.1) is 22.7 Å². The normalized spacial score (nSPS) is 24.4. The molecule has 3 fully saturated rings. The van der Waals surface area contributed by atoms with Gasteiger partial charge in [0.2, 0.25) is 11.8 Å². The molecule has 1 spiro atoms. The lowest BCUT2D eigenvalue weighted by atomic mass is 9.67. The van der Waals surface area contributed by atoms with Crippen molar-refractivity contribution in [2.24, 2.45) is 11.3 Å². The number of likely N-dealkylation sites (tertiary alicyclic amines) is 1. The van der Waals surface area contributed by atoms with Crippen LogP contribution in [0.15, 0.2) is 24.3 Å². The van der Waals surface area contributed by atoms with Crippen LogP contribution in [0.25, 0.3) is 10.9 Å². The maximum Gasteiger partial charge on any atom is 0.271 e. The molecular weight excluding hydrogens is 454 g/mol. The van der Waals surface area contributed by atoms with Gasteiger partial charge in [0.1, 0.15) is 17.8 Å². The average molecular weight is 482 g/mol. The molecule has 8 nitrogen and oxygen atoms in total. The SMILES string of the molecule is N#CC(CC1CCCNC1=O)NC(=O)C1CC2(CCC2)CN1C(=O)c1cc2c(Cl)cccc2[nH]1. The molecule has 2 saturated heterocycles. The standard InChI is InChI=1S/C25H28ClN5O3/c26-18-5-1-6-19-17(18)11-20(30-19)24(34)31-14-25(7-3-8-25)12-21(31)23(33)29-16(13-27)10-15-4-2-9-28-22(15)32/h1,5-6,11,15-16,21,30H,2-4,7-10,12,14H2,(H,28,32)(H,29,33). The van der Waals surface area contributed by atoms with Gasteiger partial charge < -0.3 is 20.5 Å². The quantitative estimate of drug-likeness (QED) is 0.607. The van der Waals surface area contributed by atoms with E-state index < -0.39 is 12.1 Å². The van der Waals surface area contributed by atoms with E-state index in [0.717, 1.165) is 36.6 Å². The highest BCUT2D eigenvalue weighted by Crippen LogP contribution is 2.50. The summed E-state index contributed by atoms with van der Waals surface area (Å²) in [6, 6.07) is 7.90. The largest absolute Gasteiger partial charge is 0.356 e. The van der Waals surface area contributed by atoms with Crippen molar-refractivity contribution in [3.8, 4) is 6.07 Å². The number of nitrogens with zero attached hydrogens (tertiary/aromatic N) is 2. The molecule has 178 valence electrons. The third kappa shape index (κ3) is 4.14. The van der Waals surface area contributed by atoms with Gasteiger partial charge in [0, 0.05) is 34.9 Å². The number of amides is 3. The van der Waals surface area contributed by atoms with Crippen LogP contribution in [0.5, 0.6) is 0 Å². The first-order valence-electron chi connectivity index (χ1n) is 11.9. The summed E-state index contributed by atoms with van der Waals surface area (Å²) < 4.78 is 0. The van der Waals surface area contributed by atoms with Gasteiger partial charge in [-0.25, -0.2) is 0 Å². The number of hydrogen-bond acceptors (Lipinski definition) is 4. The predicted octanol–water partition coefficient (Wildman–Crippen LogP) is 3.13. The number of H-pyrrole nitrogens is 1. The molecule has 1 aromatic carbocycles. The van der Waals surface area contributed by atoms with E-state index in [9.17, 15) is 19.6 Å². The van der Waals surface area contributed by atoms with Gasteiger partial charge in [0.15, 0.2) is 0 Å². The number of nitrogens with one attached hydrogen (secondary N) is 3. The lowest BCUT2D eigenvalue weighted by Gasteiger charge is -2.37. The van der Waals surface area contributed by atoms with Gasteiger partial charge in [-0.05, 0) is 62.1 Å². The van der Waals surface area contributed by atoms with Gasteiger partial charge in [0.25, 0.3) is 5.91 Å². The van der Waals surface area contributed by atoms with E-state index in [4.69, 9.17) is 11.6 Å². The van der Waals surface area contributed by atoms with Crippen LogP contribution in [0.1, 0.15) is 55.4 Å². The molecule has 5 rings (SSSR count). The number of halogens is 1. The number of nitriles is 1. The number of fused-ring (bicyclic) bond motifs is 1. The van der Waals surface area contributed by atoms with Crippen LogP contribution < -0.4 is 10.6 Å². The maximum atomic E-state index is 13.5. The van der Waals surface area contributed by atoms with E-state index >= 15 is 0 Å². The van der Waals surface area contributed by atoms with Crippen LogP contribution >= 0.6 is 11.6 Å². The zero-order chi connectivity index (χ0) is 23.9. The zero-order valence-corrected chi connectivity index (χ0v) is 19.7. The van der Waals surface area contributed by atoms with E-state index in [1.807, 2.05) is 12.1 Å². The van der Waals surface area contributed by atoms with Crippen molar-refractivity contribution >= 4 is 40.2 Å². The molecule has 1 aromatic heterocycles. The third-order valence-corrected chi connectivity index (χ3v) is 8.05. The Balaban J connectivity index is 1.34. The number of rotatable bonds is 5. The van der Waals surface area contributed by atoms with E-state index in [2.05, 4.69) is 21.7 Å². The number of benzene rings is 1. The highest BCUT2D eigenvalue weighted by molar-refractivity contribution is 6.35. The van der Waals surface area contributed by atoms with E-state index in [-0.39, 0.29) is 35.5 Å². The van der Waals surface area contributed by atoms with E-state index in [1.165, 1.54) is 0 Å². The average Bonchev–Trinajstić information content (AvgIpc) is 3.43. The first kappa shape index (κ1) is 22.7. The van der Waals surface area contributed by atoms with Gasteiger partial charge in [-0.3, -0.25) is 14.4 Å². The van der Waals surface area contributed by atoms with E-state index in [0.29, 0.717) is 36.6 Å². The summed E-state index contributed by atoms with van der Waals surface area (Å²) in [6.07, 6.45) is 5.51. The van der Waals surface area contributed by atoms with Crippen molar-refractivity contribution in [1.29, 1.82) is 5.26 Å². The summed E-state index contributed by atoms with van der Waals surface area (Å²) in [5.74, 6) is -0.913. The van der Waals surface area contributed by atoms with Gasteiger partial charge in [-0.15, -0.1) is 0 Å². The third-order valence-electron chi connectivity index (χ3n) is 7.72. The van der Waals surface area contributed by atoms with Crippen molar-refractivity contribution in [2.45, 2.75) is 57.0 Å². The fourth-order valence-electron chi connectivity index (χ4n) is 5.69. The minimum absolute atomic E-state index is 0.0350. The number of aromatic nitrogens is 1. The lowest BCUT2D eigenvalue weighted by molar-refractivity contribution is -0.128. The fourth-order valence-corrected chi connectivity index (χ4v) is 5.92. The number of carbonyl (C=O) groups is 3. The minimum Gasteiger partial charge on any atom is -0.356 e. The molecule has 3 N–H and O–H groups in total. The van der Waals surface area contributed by atoms with Crippen molar-refractivity contribution < 1.29 is 14.4 Å². The second kappa shape index (κ2) is 8.95. The summed E-state index contributed by atoms with van der Waals surface area (Å²) in [5, 5.41) is 16.6. The minimum atomic E-state index is -0.775. The smallest absolute Gasteiger partial charge is 0.271 e. The van der Waals surface area contributed by atoms with Crippen molar-refractivity contribution in [3.63, 3.8) is 0 Å². The second-order valence-electron chi connectivity index (χ2n) is 9.95. The van der Waals surface area contributed by atoms with Crippen LogP contribution in [0.2, 0.25) is 5.02 Å². The lowest BCUT2D eigenvalue weighted by Crippen LogP contribution is -2.49. The van der Waals surface area contributed by atoms with Crippen LogP contribution in [0.4, 0.5) is 0 Å². The van der Waals surface area contributed by atoms with Gasteiger partial charge >= 0.3 is 0 Å². The summed E-state index contributed by atoms with van der Waals surface area (Å²) in [6.45, 7) is 1.17. The fraction of sp³-hybridized carbons (Fsp3) is 0.520. The molecule has 0 radical (unpaired) electrons. The summed E-state index contributed by atoms with van der Waals surface area (Å²) in [7, 11) is 0. The predicted molar refractivity (Wildman–Crippen MR) is 127 cm³/mol. The zero-order valence-electron chi connectivity index (χ0n) is 18.9. The molecular formula is C25H28ClN5O3. The van der Waals surface area contributed by atoms with Gasteiger partial charge in [-0.2, -0.15) is 5.26 Å². The second-order valence-corrected chi connectivity index (χ2v) is 10.4. The monoisotopic (exact) mass is 481 g/mol. The van der Waals surface area contributed by atoms with Crippen LogP contribution in [0.3, 0.4) is 0 Å². The topological polar surface area (TPSA) is 118 Å². The molecule has 3 heterocycles. The van der Waals surface area contributed by atoms with Crippen molar-refractivity contribution in [2.75, 3.05) is 13.1 Å². The molecule has 3 amide bonds. The van der Waals surface area contributed by atoms with Crippen LogP contribution in [-0.2, 0) is 9.59 Å². The molecule has 1 saturated carbocycles. The Bertz CT molecular complexity index is 1180. The number of hydrogen-bond donors (Lipinski definition) is 3. The first-order chi connectivity index (χ1) is 16.4. The maximum absolute atomic E-state index is 13.5. The van der Waals surface area contributed by atoms with Crippen molar-refractivity contribution in [3.05, 3.63) is 35.0 Å². The summed E-state index contributed by atoms with van der Waals surface area (Å²) >= 11 is 6.29. The molecule has 1 aliphatic carbocycles. The molecule has 3 unspecified atom stereocenters. The Kier molecular flexibility index (Phi) is 5.98. The Labute approximate surface area is 203 Å². The van der Waals surface area contributed by atoms with Gasteiger partial charge in [-0.1, -0.05) is 24.1 Å². The molecule has 2 aliphatic heterocycles. The Morgan fingerprint density at radius 2 is 2.15 bits per heavy atom. The van der Waals surface area contributed by atoms with Crippen LogP contribution in [-0.4, -0.2) is 52.8 Å².